The first-order chi connectivity index (χ1) is 7.75. The van der Waals surface area contributed by atoms with E-state index >= 15 is 0 Å². The summed E-state index contributed by atoms with van der Waals surface area (Å²) in [4.78, 5) is 18.7. The Balaban J connectivity index is 1.97. The van der Waals surface area contributed by atoms with Crippen molar-refractivity contribution >= 4 is 11.9 Å². The Kier molecular flexibility index (Phi) is 3.31. The second-order valence-corrected chi connectivity index (χ2v) is 3.54. The first-order valence-electron chi connectivity index (χ1n) is 5.14. The molecule has 2 heterocycles. The number of fused-ring (bicyclic) bond motifs is 1. The van der Waals surface area contributed by atoms with Crippen molar-refractivity contribution in [2.24, 2.45) is 0 Å². The molecule has 1 aromatic heterocycles. The first kappa shape index (κ1) is 10.8. The molecule has 2 rings (SSSR count). The number of rotatable bonds is 4. The molecular formula is C10H13N3O3. The average molecular weight is 223 g/mol. The van der Waals surface area contributed by atoms with Crippen LogP contribution >= 0.6 is 0 Å². The van der Waals surface area contributed by atoms with Crippen LogP contribution in [0, 0.1) is 0 Å². The smallest absolute Gasteiger partial charge is 0.305 e. The standard InChI is InChI=1S/C10H13N3O3/c14-9(15)1-3-11-10-12-5-7-6-16-4-2-8(7)13-10/h5H,1-4,6H2,(H,14,15)(H,11,12,13). The van der Waals surface area contributed by atoms with E-state index in [0.29, 0.717) is 25.7 Å². The van der Waals surface area contributed by atoms with Crippen molar-refractivity contribution in [3.8, 4) is 0 Å². The summed E-state index contributed by atoms with van der Waals surface area (Å²) in [6.07, 6.45) is 2.57. The van der Waals surface area contributed by atoms with Gasteiger partial charge in [-0.1, -0.05) is 0 Å². The molecule has 0 unspecified atom stereocenters. The fraction of sp³-hybridized carbons (Fsp3) is 0.500. The van der Waals surface area contributed by atoms with Gasteiger partial charge in [-0.2, -0.15) is 0 Å². The largest absolute Gasteiger partial charge is 0.481 e. The van der Waals surface area contributed by atoms with Crippen molar-refractivity contribution in [1.29, 1.82) is 0 Å². The number of ether oxygens (including phenoxy) is 1. The van der Waals surface area contributed by atoms with Crippen LogP contribution in [0.15, 0.2) is 6.20 Å². The third-order valence-electron chi connectivity index (χ3n) is 2.32. The molecule has 0 radical (unpaired) electrons. The molecule has 0 aliphatic carbocycles. The third kappa shape index (κ3) is 2.66. The maximum absolute atomic E-state index is 10.3. The average Bonchev–Trinajstić information content (AvgIpc) is 2.28. The highest BCUT2D eigenvalue weighted by Gasteiger charge is 2.12. The summed E-state index contributed by atoms with van der Waals surface area (Å²) in [6, 6.07) is 0. The van der Waals surface area contributed by atoms with Crippen molar-refractivity contribution in [2.75, 3.05) is 18.5 Å². The van der Waals surface area contributed by atoms with E-state index in [1.807, 2.05) is 0 Å². The van der Waals surface area contributed by atoms with E-state index in [-0.39, 0.29) is 6.42 Å². The quantitative estimate of drug-likeness (QED) is 0.770. The van der Waals surface area contributed by atoms with Gasteiger partial charge in [-0.15, -0.1) is 0 Å². The van der Waals surface area contributed by atoms with Gasteiger partial charge in [-0.3, -0.25) is 4.79 Å². The zero-order chi connectivity index (χ0) is 11.4. The van der Waals surface area contributed by atoms with Crippen LogP contribution in [-0.4, -0.2) is 34.2 Å². The molecule has 2 N–H and O–H groups in total. The molecule has 1 aliphatic rings. The lowest BCUT2D eigenvalue weighted by atomic mass is 10.1. The summed E-state index contributed by atoms with van der Waals surface area (Å²) in [5.41, 5.74) is 1.99. The van der Waals surface area contributed by atoms with Crippen molar-refractivity contribution in [1.82, 2.24) is 9.97 Å². The van der Waals surface area contributed by atoms with Crippen LogP contribution in [0.2, 0.25) is 0 Å². The molecular weight excluding hydrogens is 210 g/mol. The minimum Gasteiger partial charge on any atom is -0.481 e. The van der Waals surface area contributed by atoms with Gasteiger partial charge >= 0.3 is 5.97 Å². The predicted molar refractivity (Wildman–Crippen MR) is 56.1 cm³/mol. The Bertz CT molecular complexity index is 395. The Hall–Kier alpha value is -1.69. The highest BCUT2D eigenvalue weighted by molar-refractivity contribution is 5.67. The molecule has 0 fully saturated rings. The van der Waals surface area contributed by atoms with E-state index in [1.165, 1.54) is 0 Å². The predicted octanol–water partition coefficient (Wildman–Crippen LogP) is 0.436. The summed E-state index contributed by atoms with van der Waals surface area (Å²) >= 11 is 0. The maximum atomic E-state index is 10.3. The van der Waals surface area contributed by atoms with Crippen LogP contribution in [0.4, 0.5) is 5.95 Å². The maximum Gasteiger partial charge on any atom is 0.305 e. The number of hydrogen-bond donors (Lipinski definition) is 2. The van der Waals surface area contributed by atoms with Crippen molar-refractivity contribution in [3.05, 3.63) is 17.5 Å². The van der Waals surface area contributed by atoms with Gasteiger partial charge in [0.25, 0.3) is 0 Å². The molecule has 1 aromatic rings. The van der Waals surface area contributed by atoms with E-state index in [9.17, 15) is 4.79 Å². The van der Waals surface area contributed by atoms with Gasteiger partial charge < -0.3 is 15.2 Å². The highest BCUT2D eigenvalue weighted by Crippen LogP contribution is 2.14. The van der Waals surface area contributed by atoms with Crippen molar-refractivity contribution < 1.29 is 14.6 Å². The zero-order valence-corrected chi connectivity index (χ0v) is 8.77. The van der Waals surface area contributed by atoms with Crippen LogP contribution in [0.3, 0.4) is 0 Å². The second-order valence-electron chi connectivity index (χ2n) is 3.54. The lowest BCUT2D eigenvalue weighted by Crippen LogP contribution is -2.15. The van der Waals surface area contributed by atoms with Gasteiger partial charge in [0.2, 0.25) is 5.95 Å². The minimum absolute atomic E-state index is 0.0591. The molecule has 0 saturated carbocycles. The monoisotopic (exact) mass is 223 g/mol. The SMILES string of the molecule is O=C(O)CCNc1ncc2c(n1)CCOC2. The van der Waals surface area contributed by atoms with E-state index in [0.717, 1.165) is 17.7 Å². The number of nitrogens with zero attached hydrogens (tertiary/aromatic N) is 2. The fourth-order valence-corrected chi connectivity index (χ4v) is 1.50. The summed E-state index contributed by atoms with van der Waals surface area (Å²) in [5.74, 6) is -0.347. The molecule has 0 bridgehead atoms. The zero-order valence-electron chi connectivity index (χ0n) is 8.77. The summed E-state index contributed by atoms with van der Waals surface area (Å²) in [6.45, 7) is 1.58. The fourth-order valence-electron chi connectivity index (χ4n) is 1.50. The Morgan fingerprint density at radius 1 is 1.62 bits per heavy atom. The van der Waals surface area contributed by atoms with Crippen molar-refractivity contribution in [3.63, 3.8) is 0 Å². The number of carboxylic acid groups (broad SMARTS) is 1. The molecule has 16 heavy (non-hydrogen) atoms. The molecule has 0 aromatic carbocycles. The highest BCUT2D eigenvalue weighted by atomic mass is 16.5. The Morgan fingerprint density at radius 2 is 2.50 bits per heavy atom. The first-order valence-corrected chi connectivity index (χ1v) is 5.14. The van der Waals surface area contributed by atoms with Crippen LogP contribution in [0.1, 0.15) is 17.7 Å². The number of carboxylic acids is 1. The van der Waals surface area contributed by atoms with Crippen LogP contribution in [0.25, 0.3) is 0 Å². The van der Waals surface area contributed by atoms with E-state index < -0.39 is 5.97 Å². The number of aliphatic carboxylic acids is 1. The lowest BCUT2D eigenvalue weighted by molar-refractivity contribution is -0.136. The summed E-state index contributed by atoms with van der Waals surface area (Å²) in [7, 11) is 0. The van der Waals surface area contributed by atoms with E-state index in [1.54, 1.807) is 6.20 Å². The van der Waals surface area contributed by atoms with Crippen molar-refractivity contribution in [2.45, 2.75) is 19.4 Å². The topological polar surface area (TPSA) is 84.3 Å². The molecule has 1 aliphatic heterocycles. The minimum atomic E-state index is -0.834. The van der Waals surface area contributed by atoms with Gasteiger partial charge in [0.05, 0.1) is 25.3 Å². The number of anilines is 1. The number of carbonyl (C=O) groups is 1. The molecule has 0 saturated heterocycles. The van der Waals surface area contributed by atoms with Crippen LogP contribution < -0.4 is 5.32 Å². The number of hydrogen-bond acceptors (Lipinski definition) is 5. The van der Waals surface area contributed by atoms with E-state index in [4.69, 9.17) is 9.84 Å². The Labute approximate surface area is 92.7 Å². The van der Waals surface area contributed by atoms with E-state index in [2.05, 4.69) is 15.3 Å². The number of nitrogens with one attached hydrogen (secondary N) is 1. The van der Waals surface area contributed by atoms with Crippen LogP contribution in [-0.2, 0) is 22.6 Å². The molecule has 6 heteroatoms. The molecule has 6 nitrogen and oxygen atoms in total. The molecule has 0 amide bonds. The Morgan fingerprint density at radius 3 is 3.31 bits per heavy atom. The van der Waals surface area contributed by atoms with Gasteiger partial charge in [0.15, 0.2) is 0 Å². The third-order valence-corrected chi connectivity index (χ3v) is 2.32. The van der Waals surface area contributed by atoms with Gasteiger partial charge in [-0.05, 0) is 0 Å². The van der Waals surface area contributed by atoms with Crippen LogP contribution in [0.5, 0.6) is 0 Å². The normalized spacial score (nSPS) is 14.2. The molecule has 0 atom stereocenters. The second kappa shape index (κ2) is 4.89. The molecule has 0 spiro atoms. The lowest BCUT2D eigenvalue weighted by Gasteiger charge is -2.15. The summed E-state index contributed by atoms with van der Waals surface area (Å²) in [5, 5.41) is 11.4. The van der Waals surface area contributed by atoms with Gasteiger partial charge in [-0.25, -0.2) is 9.97 Å². The van der Waals surface area contributed by atoms with Gasteiger partial charge in [0, 0.05) is 24.7 Å². The van der Waals surface area contributed by atoms with Gasteiger partial charge in [0.1, 0.15) is 0 Å². The summed E-state index contributed by atoms with van der Waals surface area (Å²) < 4.78 is 5.27. The molecule has 86 valence electrons. The number of aromatic nitrogens is 2.